The molecule has 0 atom stereocenters. The summed E-state index contributed by atoms with van der Waals surface area (Å²) >= 11 is 0. The number of para-hydroxylation sites is 1. The van der Waals surface area contributed by atoms with Crippen molar-refractivity contribution in [3.05, 3.63) is 54.6 Å². The molecule has 1 fully saturated rings. The maximum atomic E-state index is 12.4. The summed E-state index contributed by atoms with van der Waals surface area (Å²) < 4.78 is 0. The fourth-order valence-electron chi connectivity index (χ4n) is 3.42. The maximum absolute atomic E-state index is 12.4. The number of benzene rings is 2. The summed E-state index contributed by atoms with van der Waals surface area (Å²) in [6.07, 6.45) is 2.51. The molecule has 1 heterocycles. The highest BCUT2D eigenvalue weighted by atomic mass is 16.2. The highest BCUT2D eigenvalue weighted by Gasteiger charge is 2.16. The van der Waals surface area contributed by atoms with Gasteiger partial charge in [0.15, 0.2) is 0 Å². The van der Waals surface area contributed by atoms with Crippen LogP contribution in [0.4, 0.5) is 17.1 Å². The zero-order valence-corrected chi connectivity index (χ0v) is 15.8. The van der Waals surface area contributed by atoms with Gasteiger partial charge < -0.3 is 15.1 Å². The van der Waals surface area contributed by atoms with Crippen molar-refractivity contribution in [2.75, 3.05) is 41.3 Å². The highest BCUT2D eigenvalue weighted by Crippen LogP contribution is 2.24. The molecule has 0 saturated carbocycles. The van der Waals surface area contributed by atoms with Gasteiger partial charge in [-0.25, -0.2) is 0 Å². The number of carbonyl (C=O) groups excluding carboxylic acids is 1. The first kappa shape index (κ1) is 18.3. The second-order valence-electron chi connectivity index (χ2n) is 7.11. The standard InChI is InChI=1S/C22H29N3O/c1-3-24(20-7-5-4-6-8-20)17-22(26)23-19-9-11-21(12-10-19)25-15-13-18(2)14-16-25/h4-12,18H,3,13-17H2,1-2H3,(H,23,26). The fraction of sp³-hybridized carbons (Fsp3) is 0.409. The van der Waals surface area contributed by atoms with Crippen LogP contribution in [-0.4, -0.2) is 32.1 Å². The van der Waals surface area contributed by atoms with E-state index in [1.54, 1.807) is 0 Å². The lowest BCUT2D eigenvalue weighted by atomic mass is 9.99. The molecule has 1 N–H and O–H groups in total. The Morgan fingerprint density at radius 1 is 1.08 bits per heavy atom. The van der Waals surface area contributed by atoms with Gasteiger partial charge in [0.25, 0.3) is 0 Å². The second-order valence-corrected chi connectivity index (χ2v) is 7.11. The monoisotopic (exact) mass is 351 g/mol. The Labute approximate surface area is 156 Å². The highest BCUT2D eigenvalue weighted by molar-refractivity contribution is 5.94. The van der Waals surface area contributed by atoms with E-state index in [0.29, 0.717) is 6.54 Å². The first-order valence-corrected chi connectivity index (χ1v) is 9.60. The van der Waals surface area contributed by atoms with Crippen molar-refractivity contribution in [2.45, 2.75) is 26.7 Å². The molecule has 2 aromatic rings. The van der Waals surface area contributed by atoms with E-state index in [0.717, 1.165) is 36.9 Å². The average molecular weight is 351 g/mol. The van der Waals surface area contributed by atoms with Crippen molar-refractivity contribution in [1.82, 2.24) is 0 Å². The topological polar surface area (TPSA) is 35.6 Å². The molecule has 1 saturated heterocycles. The van der Waals surface area contributed by atoms with Gasteiger partial charge in [-0.15, -0.1) is 0 Å². The van der Waals surface area contributed by atoms with Crippen LogP contribution in [0.3, 0.4) is 0 Å². The summed E-state index contributed by atoms with van der Waals surface area (Å²) in [7, 11) is 0. The lowest BCUT2D eigenvalue weighted by Gasteiger charge is -2.32. The summed E-state index contributed by atoms with van der Waals surface area (Å²) in [6.45, 7) is 7.78. The largest absolute Gasteiger partial charge is 0.372 e. The number of hydrogen-bond donors (Lipinski definition) is 1. The van der Waals surface area contributed by atoms with Crippen LogP contribution < -0.4 is 15.1 Å². The third-order valence-corrected chi connectivity index (χ3v) is 5.14. The van der Waals surface area contributed by atoms with Gasteiger partial charge in [0.2, 0.25) is 5.91 Å². The van der Waals surface area contributed by atoms with Crippen molar-refractivity contribution in [3.63, 3.8) is 0 Å². The minimum atomic E-state index is 0.00949. The number of hydrogen-bond acceptors (Lipinski definition) is 3. The number of piperidine rings is 1. The molecule has 1 amide bonds. The number of amides is 1. The van der Waals surface area contributed by atoms with E-state index in [2.05, 4.69) is 41.1 Å². The lowest BCUT2D eigenvalue weighted by Crippen LogP contribution is -2.33. The fourth-order valence-corrected chi connectivity index (χ4v) is 3.42. The molecule has 4 nitrogen and oxygen atoms in total. The maximum Gasteiger partial charge on any atom is 0.243 e. The number of carbonyl (C=O) groups is 1. The van der Waals surface area contributed by atoms with Crippen LogP contribution in [0.2, 0.25) is 0 Å². The van der Waals surface area contributed by atoms with Crippen LogP contribution in [0.5, 0.6) is 0 Å². The molecule has 1 aliphatic heterocycles. The van der Waals surface area contributed by atoms with Gasteiger partial charge in [-0.2, -0.15) is 0 Å². The molecule has 0 unspecified atom stereocenters. The molecule has 138 valence electrons. The average Bonchev–Trinajstić information content (AvgIpc) is 2.68. The summed E-state index contributed by atoms with van der Waals surface area (Å²) in [4.78, 5) is 16.9. The quantitative estimate of drug-likeness (QED) is 0.838. The first-order chi connectivity index (χ1) is 12.7. The molecule has 0 aliphatic carbocycles. The number of rotatable bonds is 6. The first-order valence-electron chi connectivity index (χ1n) is 9.60. The summed E-state index contributed by atoms with van der Waals surface area (Å²) in [6, 6.07) is 18.3. The number of likely N-dealkylation sites (N-methyl/N-ethyl adjacent to an activating group) is 1. The zero-order valence-electron chi connectivity index (χ0n) is 15.8. The van der Waals surface area contributed by atoms with Crippen LogP contribution in [0.15, 0.2) is 54.6 Å². The van der Waals surface area contributed by atoms with Gasteiger partial charge in [-0.1, -0.05) is 25.1 Å². The Morgan fingerprint density at radius 2 is 1.73 bits per heavy atom. The third-order valence-electron chi connectivity index (χ3n) is 5.14. The number of anilines is 3. The molecule has 26 heavy (non-hydrogen) atoms. The minimum absolute atomic E-state index is 0.00949. The van der Waals surface area contributed by atoms with Crippen LogP contribution in [0.25, 0.3) is 0 Å². The van der Waals surface area contributed by atoms with E-state index in [1.165, 1.54) is 18.5 Å². The van der Waals surface area contributed by atoms with Crippen LogP contribution >= 0.6 is 0 Å². The summed E-state index contributed by atoms with van der Waals surface area (Å²) in [5, 5.41) is 3.01. The molecule has 2 aromatic carbocycles. The predicted octanol–water partition coefficient (Wildman–Crippen LogP) is 4.39. The van der Waals surface area contributed by atoms with Crippen molar-refractivity contribution >= 4 is 23.0 Å². The Balaban J connectivity index is 1.56. The van der Waals surface area contributed by atoms with Gasteiger partial charge in [-0.05, 0) is 62.1 Å². The Hall–Kier alpha value is -2.49. The van der Waals surface area contributed by atoms with Crippen molar-refractivity contribution in [1.29, 1.82) is 0 Å². The smallest absolute Gasteiger partial charge is 0.243 e. The van der Waals surface area contributed by atoms with E-state index in [-0.39, 0.29) is 5.91 Å². The number of nitrogens with zero attached hydrogens (tertiary/aromatic N) is 2. The molecule has 3 rings (SSSR count). The molecular weight excluding hydrogens is 322 g/mol. The second kappa shape index (κ2) is 8.75. The van der Waals surface area contributed by atoms with E-state index in [1.807, 2.05) is 42.5 Å². The molecule has 0 radical (unpaired) electrons. The van der Waals surface area contributed by atoms with Crippen molar-refractivity contribution < 1.29 is 4.79 Å². The number of nitrogens with one attached hydrogen (secondary N) is 1. The molecule has 0 spiro atoms. The Bertz CT molecular complexity index is 691. The minimum Gasteiger partial charge on any atom is -0.372 e. The summed E-state index contributed by atoms with van der Waals surface area (Å²) in [5.74, 6) is 0.839. The molecule has 0 aromatic heterocycles. The van der Waals surface area contributed by atoms with E-state index >= 15 is 0 Å². The molecule has 4 heteroatoms. The molecular formula is C22H29N3O. The summed E-state index contributed by atoms with van der Waals surface area (Å²) in [5.41, 5.74) is 3.17. The van der Waals surface area contributed by atoms with Crippen LogP contribution in [-0.2, 0) is 4.79 Å². The SMILES string of the molecule is CCN(CC(=O)Nc1ccc(N2CCC(C)CC2)cc1)c1ccccc1. The van der Waals surface area contributed by atoms with Crippen molar-refractivity contribution in [2.24, 2.45) is 5.92 Å². The predicted molar refractivity (Wildman–Crippen MR) is 110 cm³/mol. The van der Waals surface area contributed by atoms with E-state index in [9.17, 15) is 4.79 Å². The van der Waals surface area contributed by atoms with Crippen LogP contribution in [0.1, 0.15) is 26.7 Å². The Kier molecular flexibility index (Phi) is 6.16. The zero-order chi connectivity index (χ0) is 18.4. The van der Waals surface area contributed by atoms with Crippen LogP contribution in [0, 0.1) is 5.92 Å². The van der Waals surface area contributed by atoms with E-state index < -0.39 is 0 Å². The van der Waals surface area contributed by atoms with Gasteiger partial charge in [0.1, 0.15) is 0 Å². The Morgan fingerprint density at radius 3 is 2.35 bits per heavy atom. The normalized spacial score (nSPS) is 14.9. The van der Waals surface area contributed by atoms with Gasteiger partial charge in [0.05, 0.1) is 6.54 Å². The molecule has 1 aliphatic rings. The third kappa shape index (κ3) is 4.78. The molecule has 0 bridgehead atoms. The van der Waals surface area contributed by atoms with Gasteiger partial charge in [0, 0.05) is 36.7 Å². The van der Waals surface area contributed by atoms with Gasteiger partial charge in [-0.3, -0.25) is 4.79 Å². The van der Waals surface area contributed by atoms with E-state index in [4.69, 9.17) is 0 Å². The lowest BCUT2D eigenvalue weighted by molar-refractivity contribution is -0.115. The van der Waals surface area contributed by atoms with Gasteiger partial charge >= 0.3 is 0 Å². The van der Waals surface area contributed by atoms with Crippen molar-refractivity contribution in [3.8, 4) is 0 Å².